The zero-order valence-corrected chi connectivity index (χ0v) is 11.7. The van der Waals surface area contributed by atoms with Gasteiger partial charge in [-0.05, 0) is 56.2 Å². The molecule has 2 aliphatic heterocycles. The Morgan fingerprint density at radius 1 is 1.26 bits per heavy atom. The summed E-state index contributed by atoms with van der Waals surface area (Å²) in [5, 5.41) is 5.10. The SMILES string of the molecule is Cc1c(C2CCCNC2)c2cccc3c2n1CCC3. The maximum Gasteiger partial charge on any atom is 0.0517 e. The molecule has 3 heterocycles. The first-order valence-electron chi connectivity index (χ1n) is 7.67. The van der Waals surface area contributed by atoms with Crippen molar-refractivity contribution in [2.24, 2.45) is 0 Å². The molecule has 2 aromatic rings. The van der Waals surface area contributed by atoms with Crippen LogP contribution in [-0.2, 0) is 13.0 Å². The van der Waals surface area contributed by atoms with Gasteiger partial charge in [-0.15, -0.1) is 0 Å². The minimum Gasteiger partial charge on any atom is -0.344 e. The van der Waals surface area contributed by atoms with E-state index in [9.17, 15) is 0 Å². The molecule has 100 valence electrons. The molecule has 1 aromatic carbocycles. The van der Waals surface area contributed by atoms with E-state index in [1.807, 2.05) is 0 Å². The molecule has 0 spiro atoms. The van der Waals surface area contributed by atoms with Gasteiger partial charge >= 0.3 is 0 Å². The largest absolute Gasteiger partial charge is 0.344 e. The van der Waals surface area contributed by atoms with Gasteiger partial charge in [0.15, 0.2) is 0 Å². The third-order valence-electron chi connectivity index (χ3n) is 5.01. The van der Waals surface area contributed by atoms with Crippen LogP contribution in [0.15, 0.2) is 18.2 Å². The highest BCUT2D eigenvalue weighted by Gasteiger charge is 2.25. The molecule has 19 heavy (non-hydrogen) atoms. The molecule has 2 heteroatoms. The van der Waals surface area contributed by atoms with Crippen LogP contribution in [0.1, 0.15) is 42.0 Å². The van der Waals surface area contributed by atoms with Crippen molar-refractivity contribution in [2.75, 3.05) is 13.1 Å². The average Bonchev–Trinajstić information content (AvgIpc) is 2.76. The predicted octanol–water partition coefficient (Wildman–Crippen LogP) is 3.36. The van der Waals surface area contributed by atoms with E-state index in [2.05, 4.69) is 35.0 Å². The van der Waals surface area contributed by atoms with Crippen LogP contribution in [0.25, 0.3) is 10.9 Å². The van der Waals surface area contributed by atoms with Crippen molar-refractivity contribution in [2.45, 2.75) is 45.1 Å². The molecule has 1 unspecified atom stereocenters. The fraction of sp³-hybridized carbons (Fsp3) is 0.529. The molecule has 1 fully saturated rings. The summed E-state index contributed by atoms with van der Waals surface area (Å²) in [6.07, 6.45) is 5.21. The number of aromatic nitrogens is 1. The lowest BCUT2D eigenvalue weighted by Crippen LogP contribution is -2.28. The lowest BCUT2D eigenvalue weighted by molar-refractivity contribution is 0.460. The maximum atomic E-state index is 3.57. The number of rotatable bonds is 1. The number of hydrogen-bond donors (Lipinski definition) is 1. The monoisotopic (exact) mass is 254 g/mol. The predicted molar refractivity (Wildman–Crippen MR) is 79.8 cm³/mol. The fourth-order valence-electron chi connectivity index (χ4n) is 4.16. The van der Waals surface area contributed by atoms with Gasteiger partial charge in [-0.3, -0.25) is 0 Å². The zero-order valence-electron chi connectivity index (χ0n) is 11.7. The molecule has 0 radical (unpaired) electrons. The Bertz CT molecular complexity index is 618. The molecular formula is C17H22N2. The Kier molecular flexibility index (Phi) is 2.66. The molecule has 1 N–H and O–H groups in total. The van der Waals surface area contributed by atoms with Gasteiger partial charge in [-0.25, -0.2) is 0 Å². The summed E-state index contributed by atoms with van der Waals surface area (Å²) in [5.74, 6) is 0.714. The number of nitrogens with one attached hydrogen (secondary N) is 1. The maximum absolute atomic E-state index is 3.57. The number of piperidine rings is 1. The molecule has 0 saturated carbocycles. The van der Waals surface area contributed by atoms with Gasteiger partial charge in [0.25, 0.3) is 0 Å². The molecule has 2 aliphatic rings. The highest BCUT2D eigenvalue weighted by atomic mass is 15.0. The van der Waals surface area contributed by atoms with Crippen molar-refractivity contribution in [3.63, 3.8) is 0 Å². The first kappa shape index (κ1) is 11.5. The van der Waals surface area contributed by atoms with Crippen molar-refractivity contribution in [3.05, 3.63) is 35.0 Å². The second kappa shape index (κ2) is 4.38. The zero-order chi connectivity index (χ0) is 12.8. The van der Waals surface area contributed by atoms with E-state index in [1.165, 1.54) is 55.4 Å². The number of hydrogen-bond acceptors (Lipinski definition) is 1. The molecule has 1 aromatic heterocycles. The molecule has 1 saturated heterocycles. The van der Waals surface area contributed by atoms with Crippen molar-refractivity contribution in [1.29, 1.82) is 0 Å². The van der Waals surface area contributed by atoms with Crippen LogP contribution in [0.5, 0.6) is 0 Å². The van der Waals surface area contributed by atoms with E-state index >= 15 is 0 Å². The van der Waals surface area contributed by atoms with Crippen LogP contribution in [0.3, 0.4) is 0 Å². The third kappa shape index (κ3) is 1.66. The number of aryl methyl sites for hydroxylation is 2. The topological polar surface area (TPSA) is 17.0 Å². The Morgan fingerprint density at radius 3 is 3.05 bits per heavy atom. The van der Waals surface area contributed by atoms with Gasteiger partial charge in [-0.2, -0.15) is 0 Å². The molecule has 2 nitrogen and oxygen atoms in total. The molecular weight excluding hydrogens is 232 g/mol. The second-order valence-corrected chi connectivity index (χ2v) is 6.11. The first-order chi connectivity index (χ1) is 9.36. The highest BCUT2D eigenvalue weighted by molar-refractivity contribution is 5.89. The van der Waals surface area contributed by atoms with E-state index in [-0.39, 0.29) is 0 Å². The lowest BCUT2D eigenvalue weighted by Gasteiger charge is -2.23. The molecule has 0 amide bonds. The van der Waals surface area contributed by atoms with Crippen molar-refractivity contribution >= 4 is 10.9 Å². The smallest absolute Gasteiger partial charge is 0.0517 e. The summed E-state index contributed by atoms with van der Waals surface area (Å²) in [7, 11) is 0. The van der Waals surface area contributed by atoms with Gasteiger partial charge in [-0.1, -0.05) is 18.2 Å². The Morgan fingerprint density at radius 2 is 2.21 bits per heavy atom. The number of nitrogens with zero attached hydrogens (tertiary/aromatic N) is 1. The van der Waals surface area contributed by atoms with E-state index < -0.39 is 0 Å². The molecule has 0 aliphatic carbocycles. The van der Waals surface area contributed by atoms with Gasteiger partial charge in [0.2, 0.25) is 0 Å². The van der Waals surface area contributed by atoms with Crippen LogP contribution in [0.4, 0.5) is 0 Å². The van der Waals surface area contributed by atoms with E-state index in [0.717, 1.165) is 6.54 Å². The van der Waals surface area contributed by atoms with Crippen molar-refractivity contribution in [1.82, 2.24) is 9.88 Å². The summed E-state index contributed by atoms with van der Waals surface area (Å²) < 4.78 is 2.58. The van der Waals surface area contributed by atoms with E-state index in [4.69, 9.17) is 0 Å². The van der Waals surface area contributed by atoms with Gasteiger partial charge in [0.1, 0.15) is 0 Å². The van der Waals surface area contributed by atoms with Gasteiger partial charge in [0, 0.05) is 24.2 Å². The minimum absolute atomic E-state index is 0.714. The summed E-state index contributed by atoms with van der Waals surface area (Å²) in [6.45, 7) is 5.89. The van der Waals surface area contributed by atoms with Crippen LogP contribution in [0.2, 0.25) is 0 Å². The van der Waals surface area contributed by atoms with Crippen LogP contribution in [0, 0.1) is 6.92 Å². The van der Waals surface area contributed by atoms with Gasteiger partial charge in [0.05, 0.1) is 5.52 Å². The quantitative estimate of drug-likeness (QED) is 0.825. The highest BCUT2D eigenvalue weighted by Crippen LogP contribution is 2.38. The lowest BCUT2D eigenvalue weighted by atomic mass is 9.89. The molecule has 1 atom stereocenters. The van der Waals surface area contributed by atoms with Crippen molar-refractivity contribution < 1.29 is 0 Å². The summed E-state index contributed by atoms with van der Waals surface area (Å²) in [4.78, 5) is 0. The number of para-hydroxylation sites is 1. The Hall–Kier alpha value is -1.28. The van der Waals surface area contributed by atoms with Gasteiger partial charge < -0.3 is 9.88 Å². The van der Waals surface area contributed by atoms with E-state index in [0.29, 0.717) is 5.92 Å². The fourth-order valence-corrected chi connectivity index (χ4v) is 4.16. The minimum atomic E-state index is 0.714. The Labute approximate surface area is 114 Å². The van der Waals surface area contributed by atoms with E-state index in [1.54, 1.807) is 11.1 Å². The molecule has 0 bridgehead atoms. The summed E-state index contributed by atoms with van der Waals surface area (Å²) in [5.41, 5.74) is 6.25. The van der Waals surface area contributed by atoms with Crippen LogP contribution < -0.4 is 5.32 Å². The van der Waals surface area contributed by atoms with Crippen LogP contribution >= 0.6 is 0 Å². The Balaban J connectivity index is 1.95. The standard InChI is InChI=1S/C17H22N2/c1-12-16(14-6-3-9-18-11-14)15-8-2-5-13-7-4-10-19(12)17(13)15/h2,5,8,14,18H,3-4,6-7,9-11H2,1H3. The summed E-state index contributed by atoms with van der Waals surface area (Å²) >= 11 is 0. The van der Waals surface area contributed by atoms with Crippen molar-refractivity contribution in [3.8, 4) is 0 Å². The second-order valence-electron chi connectivity index (χ2n) is 6.11. The third-order valence-corrected chi connectivity index (χ3v) is 5.01. The number of benzene rings is 1. The normalized spacial score (nSPS) is 22.9. The average molecular weight is 254 g/mol. The summed E-state index contributed by atoms with van der Waals surface area (Å²) in [6, 6.07) is 6.92. The molecule has 4 rings (SSSR count). The van der Waals surface area contributed by atoms with Crippen LogP contribution in [-0.4, -0.2) is 17.7 Å². The first-order valence-corrected chi connectivity index (χ1v) is 7.67.